The first-order valence-electron chi connectivity index (χ1n) is 24.3. The Labute approximate surface area is 483 Å². The molecule has 81 heavy (non-hydrogen) atoms. The summed E-state index contributed by atoms with van der Waals surface area (Å²) in [5.74, 6) is 3.43. The molecule has 23 nitrogen and oxygen atoms in total. The molecule has 0 atom stereocenters. The van der Waals surface area contributed by atoms with Gasteiger partial charge >= 0.3 is 11.9 Å². The van der Waals surface area contributed by atoms with Crippen LogP contribution in [0.2, 0.25) is 5.15 Å². The second kappa shape index (κ2) is 29.6. The van der Waals surface area contributed by atoms with Gasteiger partial charge in [0, 0.05) is 29.7 Å². The third kappa shape index (κ3) is 17.1. The van der Waals surface area contributed by atoms with E-state index >= 15 is 0 Å². The van der Waals surface area contributed by atoms with Gasteiger partial charge in [-0.25, -0.2) is 24.9 Å². The van der Waals surface area contributed by atoms with Crippen molar-refractivity contribution in [2.24, 2.45) is 10.8 Å². The maximum absolute atomic E-state index is 12.6. The topological polar surface area (TPSA) is 279 Å². The van der Waals surface area contributed by atoms with E-state index in [0.717, 1.165) is 5.39 Å². The molecule has 0 bridgehead atoms. The van der Waals surface area contributed by atoms with Crippen molar-refractivity contribution in [2.45, 2.75) is 55.0 Å². The Morgan fingerprint density at radius 1 is 0.519 bits per heavy atom. The molecule has 0 aliphatic heterocycles. The molecule has 0 saturated heterocycles. The average Bonchev–Trinajstić information content (AvgIpc) is 3.52. The summed E-state index contributed by atoms with van der Waals surface area (Å²) >= 11 is 22.7. The number of aromatic amines is 1. The van der Waals surface area contributed by atoms with Gasteiger partial charge in [-0.1, -0.05) is 11.6 Å². The lowest BCUT2D eigenvalue weighted by molar-refractivity contribution is -0.157. The Morgan fingerprint density at radius 2 is 0.901 bits per heavy atom. The van der Waals surface area contributed by atoms with Crippen LogP contribution in [0, 0.1) is 10.8 Å². The third-order valence-corrected chi connectivity index (χ3v) is 11.7. The van der Waals surface area contributed by atoms with Gasteiger partial charge in [0.05, 0.1) is 101 Å². The number of ether oxygens (including phenoxy) is 9. The molecule has 0 radical (unpaired) electrons. The summed E-state index contributed by atoms with van der Waals surface area (Å²) < 4.78 is 49.7. The normalized spacial score (nSPS) is 11.0. The van der Waals surface area contributed by atoms with Crippen LogP contribution in [0.5, 0.6) is 46.0 Å². The van der Waals surface area contributed by atoms with Crippen LogP contribution < -0.4 is 49.8 Å². The van der Waals surface area contributed by atoms with Crippen LogP contribution in [0.15, 0.2) is 88.2 Å². The Bertz CT molecular complexity index is 3660. The van der Waals surface area contributed by atoms with Crippen molar-refractivity contribution in [1.82, 2.24) is 39.0 Å². The number of carbonyl (C=O) groups is 2. The number of carbonyl (C=O) groups excluding carboxylic acids is 2. The fourth-order valence-electron chi connectivity index (χ4n) is 6.75. The van der Waals surface area contributed by atoms with Gasteiger partial charge in [-0.3, -0.25) is 33.1 Å². The summed E-state index contributed by atoms with van der Waals surface area (Å²) in [5.41, 5.74) is -0.185. The van der Waals surface area contributed by atoms with Crippen LogP contribution >= 0.6 is 46.4 Å². The molecule has 8 rings (SSSR count). The van der Waals surface area contributed by atoms with Gasteiger partial charge in [-0.15, -0.1) is 34.8 Å². The van der Waals surface area contributed by atoms with E-state index in [2.05, 4.69) is 29.9 Å². The number of fused-ring (bicyclic) bond motifs is 4. The minimum Gasteiger partial charge on any atom is -0.504 e. The van der Waals surface area contributed by atoms with Gasteiger partial charge in [-0.05, 0) is 65.8 Å². The molecule has 0 saturated carbocycles. The molecular formula is C54H60Cl4N8O15. The summed E-state index contributed by atoms with van der Waals surface area (Å²) in [4.78, 5) is 83.0. The molecule has 0 aliphatic rings. The first-order chi connectivity index (χ1) is 38.5. The molecule has 27 heteroatoms. The van der Waals surface area contributed by atoms with E-state index in [4.69, 9.17) is 89.0 Å². The fraction of sp³-hybridized carbons (Fsp3) is 0.370. The number of benzene rings is 4. The van der Waals surface area contributed by atoms with Crippen molar-refractivity contribution in [2.75, 3.05) is 65.9 Å². The summed E-state index contributed by atoms with van der Waals surface area (Å²) in [6, 6.07) is 12.7. The number of halogens is 4. The predicted octanol–water partition coefficient (Wildman–Crippen LogP) is 8.69. The van der Waals surface area contributed by atoms with Gasteiger partial charge in [0.1, 0.15) is 44.0 Å². The number of nitrogens with one attached hydrogen (secondary N) is 1. The Balaban J connectivity index is 0.000000201. The first kappa shape index (κ1) is 64.0. The van der Waals surface area contributed by atoms with Gasteiger partial charge in [-0.2, -0.15) is 0 Å². The number of phenols is 1. The fourth-order valence-corrected chi connectivity index (χ4v) is 7.18. The van der Waals surface area contributed by atoms with Gasteiger partial charge in [0.25, 0.3) is 16.7 Å². The highest BCUT2D eigenvalue weighted by Crippen LogP contribution is 2.35. The van der Waals surface area contributed by atoms with E-state index in [1.54, 1.807) is 85.1 Å². The predicted molar refractivity (Wildman–Crippen MR) is 307 cm³/mol. The largest absolute Gasteiger partial charge is 0.504 e. The SMILES string of the molecule is COc1cc2c(=O)[nH]cnc2cc1OCCCl.COc1cc2c(=O)n(COC(=O)C(C)(C)C)cnc2cc1O.COc1cc2c(=O)n(COC(=O)C(C)(C)C)cnc2cc1OCCCl.COc1cc2c(Cl)ncnc2cc1OCCCl. The zero-order chi connectivity index (χ0) is 59.6. The smallest absolute Gasteiger partial charge is 0.312 e. The molecule has 8 aromatic rings. The maximum Gasteiger partial charge on any atom is 0.312 e. The minimum atomic E-state index is -0.650. The van der Waals surface area contributed by atoms with Crippen LogP contribution in [0.4, 0.5) is 0 Å². The van der Waals surface area contributed by atoms with Gasteiger partial charge in [0.15, 0.2) is 59.5 Å². The van der Waals surface area contributed by atoms with E-state index < -0.39 is 22.8 Å². The summed E-state index contributed by atoms with van der Waals surface area (Å²) in [6.07, 6.45) is 5.36. The molecule has 434 valence electrons. The van der Waals surface area contributed by atoms with Crippen molar-refractivity contribution in [3.8, 4) is 46.0 Å². The molecule has 0 aliphatic carbocycles. The quantitative estimate of drug-likeness (QED) is 0.0490. The van der Waals surface area contributed by atoms with E-state index in [1.165, 1.54) is 67.9 Å². The second-order valence-electron chi connectivity index (χ2n) is 18.8. The van der Waals surface area contributed by atoms with Gasteiger partial charge < -0.3 is 52.7 Å². The number of H-pyrrole nitrogens is 1. The molecule has 0 amide bonds. The van der Waals surface area contributed by atoms with Crippen LogP contribution in [0.1, 0.15) is 41.5 Å². The zero-order valence-corrected chi connectivity index (χ0v) is 48.9. The van der Waals surface area contributed by atoms with Crippen molar-refractivity contribution >= 4 is 102 Å². The zero-order valence-electron chi connectivity index (χ0n) is 45.9. The third-order valence-electron chi connectivity index (χ3n) is 10.9. The lowest BCUT2D eigenvalue weighted by Gasteiger charge is -2.17. The Kier molecular flexibility index (Phi) is 23.3. The molecule has 0 spiro atoms. The van der Waals surface area contributed by atoms with E-state index in [1.807, 2.05) is 0 Å². The Hall–Kier alpha value is -7.86. The van der Waals surface area contributed by atoms with Gasteiger partial charge in [0.2, 0.25) is 0 Å². The van der Waals surface area contributed by atoms with E-state index in [9.17, 15) is 29.1 Å². The Morgan fingerprint density at radius 3 is 1.32 bits per heavy atom. The number of hydrogen-bond acceptors (Lipinski definition) is 20. The summed E-state index contributed by atoms with van der Waals surface area (Å²) in [6.45, 7) is 11.1. The maximum atomic E-state index is 12.6. The van der Waals surface area contributed by atoms with Crippen molar-refractivity contribution in [1.29, 1.82) is 0 Å². The number of esters is 2. The van der Waals surface area contributed by atoms with Crippen LogP contribution in [-0.2, 0) is 32.5 Å². The summed E-state index contributed by atoms with van der Waals surface area (Å²) in [5, 5.41) is 11.9. The number of nitrogens with zero attached hydrogens (tertiary/aromatic N) is 7. The number of aromatic hydroxyl groups is 1. The monoisotopic (exact) mass is 1200 g/mol. The van der Waals surface area contributed by atoms with Crippen LogP contribution in [0.25, 0.3) is 43.6 Å². The summed E-state index contributed by atoms with van der Waals surface area (Å²) in [7, 11) is 5.95. The molecule has 4 aromatic carbocycles. The number of aromatic nitrogens is 8. The molecule has 2 N–H and O–H groups in total. The van der Waals surface area contributed by atoms with Crippen molar-refractivity contribution < 1.29 is 57.3 Å². The molecule has 0 fully saturated rings. The van der Waals surface area contributed by atoms with E-state index in [0.29, 0.717) is 110 Å². The number of rotatable bonds is 17. The number of hydrogen-bond donors (Lipinski definition) is 2. The molecular weight excluding hydrogens is 1140 g/mol. The highest BCUT2D eigenvalue weighted by molar-refractivity contribution is 6.34. The lowest BCUT2D eigenvalue weighted by Crippen LogP contribution is -2.28. The van der Waals surface area contributed by atoms with Crippen LogP contribution in [0.3, 0.4) is 0 Å². The minimum absolute atomic E-state index is 0.0983. The number of alkyl halides is 3. The molecule has 0 unspecified atom stereocenters. The van der Waals surface area contributed by atoms with Crippen LogP contribution in [-0.4, -0.2) is 122 Å². The number of methoxy groups -OCH3 is 4. The highest BCUT2D eigenvalue weighted by atomic mass is 35.5. The second-order valence-corrected chi connectivity index (χ2v) is 20.3. The molecule has 4 aromatic heterocycles. The lowest BCUT2D eigenvalue weighted by atomic mass is 9.97. The van der Waals surface area contributed by atoms with Crippen molar-refractivity contribution in [3.63, 3.8) is 0 Å². The number of phenolic OH excluding ortho intramolecular Hbond substituents is 1. The van der Waals surface area contributed by atoms with E-state index in [-0.39, 0.29) is 47.0 Å². The standard InChI is InChI=1S/C17H21ClN2O5.C15H18N2O5.C11H10Cl2N2O2.C11H11ClN2O3/c1-17(2,3)16(22)25-10-20-9-19-12-8-14(24-6-5-18)13(23-4)7-11(12)15(20)21;1-15(2,3)14(20)22-8-17-7-16-10-6-11(18)12(21-4)5-9(10)13(17)19;1-16-9-4-7-8(14-6-15-11(7)13)5-10(9)17-3-2-12;1-16-9-4-7-8(13-6-14-11(7)15)5-10(9)17-3-2-12/h7-9H,5-6,10H2,1-4H3;5-7,18H,8H2,1-4H3;4-6H,2-3H2,1H3;4-6H,2-3H2,1H3,(H,13,14,15). The first-order valence-corrected chi connectivity index (χ1v) is 26.3. The highest BCUT2D eigenvalue weighted by Gasteiger charge is 2.25. The average molecular weight is 1200 g/mol. The molecule has 4 heterocycles. The van der Waals surface area contributed by atoms with Crippen molar-refractivity contribution in [3.05, 3.63) is 110 Å².